The smallest absolute Gasteiger partial charge is 0.245 e. The first-order chi connectivity index (χ1) is 15.0. The monoisotopic (exact) mass is 416 g/mol. The molecule has 2 atom stereocenters. The maximum atomic E-state index is 13.4. The van der Waals surface area contributed by atoms with Gasteiger partial charge in [0, 0.05) is 35.0 Å². The quantitative estimate of drug-likeness (QED) is 0.684. The first kappa shape index (κ1) is 19.4. The maximum Gasteiger partial charge on any atom is 0.245 e. The van der Waals surface area contributed by atoms with Gasteiger partial charge in [0.05, 0.1) is 13.4 Å². The number of carbonyl (C=O) groups excluding carboxylic acids is 1. The van der Waals surface area contributed by atoms with Crippen LogP contribution >= 0.6 is 0 Å². The van der Waals surface area contributed by atoms with E-state index in [1.807, 2.05) is 61.3 Å². The van der Waals surface area contributed by atoms with Crippen molar-refractivity contribution in [1.29, 1.82) is 0 Å². The lowest BCUT2D eigenvalue weighted by Gasteiger charge is -2.27. The Bertz CT molecular complexity index is 1150. The van der Waals surface area contributed by atoms with Crippen LogP contribution in [0.5, 0.6) is 5.75 Å². The van der Waals surface area contributed by atoms with Crippen LogP contribution in [0.4, 0.5) is 5.95 Å². The summed E-state index contributed by atoms with van der Waals surface area (Å²) < 4.78 is 11.0. The van der Waals surface area contributed by atoms with E-state index in [1.165, 1.54) is 0 Å². The first-order valence-electron chi connectivity index (χ1n) is 10.3. The summed E-state index contributed by atoms with van der Waals surface area (Å²) in [6.07, 6.45) is 2.76. The van der Waals surface area contributed by atoms with Gasteiger partial charge >= 0.3 is 0 Å². The third-order valence-electron chi connectivity index (χ3n) is 5.84. The Hall–Kier alpha value is -3.61. The zero-order valence-corrected chi connectivity index (χ0v) is 17.8. The molecule has 158 valence electrons. The number of allylic oxidation sites excluding steroid dienone is 1. The van der Waals surface area contributed by atoms with E-state index in [1.54, 1.807) is 13.4 Å². The molecular formula is C24H24N4O3. The number of furan rings is 1. The van der Waals surface area contributed by atoms with E-state index in [-0.39, 0.29) is 17.7 Å². The topological polar surface area (TPSA) is 80.5 Å². The van der Waals surface area contributed by atoms with Crippen molar-refractivity contribution < 1.29 is 13.9 Å². The van der Waals surface area contributed by atoms with Gasteiger partial charge in [-0.15, -0.1) is 0 Å². The van der Waals surface area contributed by atoms with Crippen molar-refractivity contribution in [3.63, 3.8) is 0 Å². The summed E-state index contributed by atoms with van der Waals surface area (Å²) in [6.45, 7) is 3.89. The molecule has 31 heavy (non-hydrogen) atoms. The Morgan fingerprint density at radius 2 is 1.90 bits per heavy atom. The van der Waals surface area contributed by atoms with Crippen molar-refractivity contribution in [2.75, 3.05) is 12.1 Å². The highest BCUT2D eigenvalue weighted by molar-refractivity contribution is 6.00. The summed E-state index contributed by atoms with van der Waals surface area (Å²) >= 11 is 0. The average Bonchev–Trinajstić information content (AvgIpc) is 3.41. The second-order valence-corrected chi connectivity index (χ2v) is 8.05. The molecule has 1 N–H and O–H groups in total. The number of nitrogens with zero attached hydrogens (tertiary/aromatic N) is 3. The molecule has 0 spiro atoms. The SMILES string of the molecule is COc1cccc([C@H]2C3=C(C[C@@H](c4ccco4)CC3=O)NN2c2nc(C)cc(C)n2)c1. The standard InChI is InChI=1S/C24H24N4O3/c1-14-10-15(2)26-24(25-14)28-23(16-6-4-7-18(11-16)30-3)22-19(27-28)12-17(13-20(22)29)21-8-5-9-31-21/h4-11,17,23,27H,12-13H2,1-3H3/t17-,23+/m1/s1. The third-order valence-corrected chi connectivity index (χ3v) is 5.84. The van der Waals surface area contributed by atoms with E-state index in [2.05, 4.69) is 15.4 Å². The van der Waals surface area contributed by atoms with Crippen LogP contribution in [0.3, 0.4) is 0 Å². The number of Topliss-reactive ketones (excluding diaryl/α,β-unsaturated/α-hetero) is 1. The molecule has 0 radical (unpaired) electrons. The minimum absolute atomic E-state index is 0.0137. The number of rotatable bonds is 4. The number of hydrogen-bond acceptors (Lipinski definition) is 7. The minimum atomic E-state index is -0.337. The van der Waals surface area contributed by atoms with Crippen LogP contribution in [0.2, 0.25) is 0 Å². The first-order valence-corrected chi connectivity index (χ1v) is 10.3. The van der Waals surface area contributed by atoms with Gasteiger partial charge in [-0.25, -0.2) is 15.0 Å². The highest BCUT2D eigenvalue weighted by Crippen LogP contribution is 2.45. The van der Waals surface area contributed by atoms with E-state index in [4.69, 9.17) is 9.15 Å². The molecule has 3 heterocycles. The Morgan fingerprint density at radius 1 is 1.10 bits per heavy atom. The molecular weight excluding hydrogens is 392 g/mol. The molecule has 0 bridgehead atoms. The van der Waals surface area contributed by atoms with Crippen molar-refractivity contribution in [2.24, 2.45) is 0 Å². The maximum absolute atomic E-state index is 13.4. The Morgan fingerprint density at radius 3 is 2.61 bits per heavy atom. The van der Waals surface area contributed by atoms with Crippen LogP contribution in [0.15, 0.2) is 64.4 Å². The molecule has 1 aliphatic heterocycles. The molecule has 0 saturated heterocycles. The number of anilines is 1. The van der Waals surface area contributed by atoms with Gasteiger partial charge in [0.25, 0.3) is 0 Å². The van der Waals surface area contributed by atoms with Crippen molar-refractivity contribution in [2.45, 2.75) is 38.6 Å². The summed E-state index contributed by atoms with van der Waals surface area (Å²) in [6, 6.07) is 13.2. The summed E-state index contributed by atoms with van der Waals surface area (Å²) in [7, 11) is 1.64. The van der Waals surface area contributed by atoms with E-state index >= 15 is 0 Å². The molecule has 3 aromatic rings. The number of hydrazine groups is 1. The molecule has 2 aromatic heterocycles. The molecule has 7 nitrogen and oxygen atoms in total. The second kappa shape index (κ2) is 7.58. The predicted molar refractivity (Wildman–Crippen MR) is 116 cm³/mol. The number of aromatic nitrogens is 2. The number of carbonyl (C=O) groups is 1. The summed E-state index contributed by atoms with van der Waals surface area (Å²) in [4.78, 5) is 22.7. The van der Waals surface area contributed by atoms with Crippen LogP contribution in [0, 0.1) is 13.8 Å². The highest BCUT2D eigenvalue weighted by atomic mass is 16.5. The third kappa shape index (κ3) is 3.46. The van der Waals surface area contributed by atoms with Crippen molar-refractivity contribution in [3.8, 4) is 5.75 Å². The fraction of sp³-hybridized carbons (Fsp3) is 0.292. The lowest BCUT2D eigenvalue weighted by molar-refractivity contribution is -0.116. The summed E-state index contributed by atoms with van der Waals surface area (Å²) in [5.41, 5.74) is 7.81. The van der Waals surface area contributed by atoms with Gasteiger partial charge in [-0.05, 0) is 56.2 Å². The Labute approximate surface area is 180 Å². The van der Waals surface area contributed by atoms with Crippen LogP contribution in [-0.4, -0.2) is 22.9 Å². The van der Waals surface area contributed by atoms with Gasteiger partial charge in [0.1, 0.15) is 17.6 Å². The molecule has 0 unspecified atom stereocenters. The van der Waals surface area contributed by atoms with Gasteiger partial charge in [0.15, 0.2) is 5.78 Å². The van der Waals surface area contributed by atoms with Crippen LogP contribution in [0.1, 0.15) is 47.5 Å². The zero-order valence-electron chi connectivity index (χ0n) is 17.8. The molecule has 0 saturated carbocycles. The Kier molecular flexibility index (Phi) is 4.73. The van der Waals surface area contributed by atoms with Gasteiger partial charge in [-0.1, -0.05) is 12.1 Å². The molecule has 1 aliphatic carbocycles. The normalized spacial score (nSPS) is 20.6. The fourth-order valence-corrected chi connectivity index (χ4v) is 4.53. The van der Waals surface area contributed by atoms with Crippen molar-refractivity contribution >= 4 is 11.7 Å². The van der Waals surface area contributed by atoms with Gasteiger partial charge in [-0.2, -0.15) is 0 Å². The van der Waals surface area contributed by atoms with Gasteiger partial charge in [-0.3, -0.25) is 10.2 Å². The molecule has 7 heteroatoms. The number of ether oxygens (including phenoxy) is 1. The van der Waals surface area contributed by atoms with Crippen LogP contribution in [-0.2, 0) is 4.79 Å². The lowest BCUT2D eigenvalue weighted by Crippen LogP contribution is -2.36. The predicted octanol–water partition coefficient (Wildman–Crippen LogP) is 4.16. The van der Waals surface area contributed by atoms with Gasteiger partial charge < -0.3 is 9.15 Å². The average molecular weight is 416 g/mol. The second-order valence-electron chi connectivity index (χ2n) is 8.05. The lowest BCUT2D eigenvalue weighted by atomic mass is 9.81. The summed E-state index contributed by atoms with van der Waals surface area (Å²) in [5, 5.41) is 1.90. The van der Waals surface area contributed by atoms with Crippen molar-refractivity contribution in [3.05, 3.63) is 82.7 Å². The Balaban J connectivity index is 1.60. The molecule has 0 fully saturated rings. The number of aryl methyl sites for hydroxylation is 2. The van der Waals surface area contributed by atoms with E-state index in [0.29, 0.717) is 18.8 Å². The number of nitrogens with one attached hydrogen (secondary N) is 1. The number of methoxy groups -OCH3 is 1. The summed E-state index contributed by atoms with van der Waals surface area (Å²) in [5.74, 6) is 2.24. The zero-order chi connectivity index (χ0) is 21.5. The highest BCUT2D eigenvalue weighted by Gasteiger charge is 2.43. The molecule has 5 rings (SSSR count). The van der Waals surface area contributed by atoms with Crippen LogP contribution in [0.25, 0.3) is 0 Å². The molecule has 2 aliphatic rings. The van der Waals surface area contributed by atoms with E-state index in [0.717, 1.165) is 39.7 Å². The largest absolute Gasteiger partial charge is 0.497 e. The number of benzene rings is 1. The number of ketones is 1. The van der Waals surface area contributed by atoms with Crippen molar-refractivity contribution in [1.82, 2.24) is 15.4 Å². The van der Waals surface area contributed by atoms with Crippen LogP contribution < -0.4 is 15.2 Å². The van der Waals surface area contributed by atoms with Gasteiger partial charge in [0.2, 0.25) is 5.95 Å². The number of hydrogen-bond donors (Lipinski definition) is 1. The molecule has 0 amide bonds. The van der Waals surface area contributed by atoms with E-state index in [9.17, 15) is 4.79 Å². The molecule has 1 aromatic carbocycles. The van der Waals surface area contributed by atoms with E-state index < -0.39 is 0 Å². The fourth-order valence-electron chi connectivity index (χ4n) is 4.53. The minimum Gasteiger partial charge on any atom is -0.497 e.